The minimum absolute atomic E-state index is 0.168. The molecule has 1 saturated heterocycles. The van der Waals surface area contributed by atoms with Gasteiger partial charge in [0.15, 0.2) is 0 Å². The summed E-state index contributed by atoms with van der Waals surface area (Å²) in [6.45, 7) is 6.02. The third kappa shape index (κ3) is 7.30. The largest absolute Gasteiger partial charge is 0.364 e. The first kappa shape index (κ1) is 25.2. The Morgan fingerprint density at radius 2 is 1.78 bits per heavy atom. The molecule has 1 N–H and O–H groups in total. The van der Waals surface area contributed by atoms with Crippen molar-refractivity contribution in [1.29, 1.82) is 0 Å². The molecule has 0 aliphatic carbocycles. The Morgan fingerprint density at radius 1 is 1.06 bits per heavy atom. The summed E-state index contributed by atoms with van der Waals surface area (Å²) in [7, 11) is 0. The second kappa shape index (κ2) is 12.2. The molecule has 1 aliphatic heterocycles. The van der Waals surface area contributed by atoms with Crippen LogP contribution in [0.25, 0.3) is 0 Å². The van der Waals surface area contributed by atoms with Crippen molar-refractivity contribution in [2.24, 2.45) is 11.8 Å². The van der Waals surface area contributed by atoms with Gasteiger partial charge in [0, 0.05) is 40.3 Å². The van der Waals surface area contributed by atoms with Gasteiger partial charge in [-0.15, -0.1) is 0 Å². The lowest BCUT2D eigenvalue weighted by atomic mass is 9.86. The maximum Gasteiger partial charge on any atom is 0.219 e. The molecule has 0 radical (unpaired) electrons. The Kier molecular flexibility index (Phi) is 9.58. The number of rotatable bonds is 9. The smallest absolute Gasteiger partial charge is 0.219 e. The molecule has 0 aromatic heterocycles. The molecule has 0 spiro atoms. The summed E-state index contributed by atoms with van der Waals surface area (Å²) in [5.41, 5.74) is 2.23. The second-order valence-electron chi connectivity index (χ2n) is 9.18. The van der Waals surface area contributed by atoms with Crippen LogP contribution < -0.4 is 10.2 Å². The molecule has 6 heteroatoms. The quantitative estimate of drug-likeness (QED) is 0.383. The average molecular weight is 496 g/mol. The van der Waals surface area contributed by atoms with Gasteiger partial charge in [0.1, 0.15) is 0 Å². The predicted molar refractivity (Wildman–Crippen MR) is 137 cm³/mol. The molecule has 3 rings (SSSR count). The van der Waals surface area contributed by atoms with Crippen LogP contribution in [0.1, 0.15) is 64.0 Å². The van der Waals surface area contributed by atoms with Gasteiger partial charge in [-0.05, 0) is 79.5 Å². The van der Waals surface area contributed by atoms with Crippen LogP contribution >= 0.6 is 34.8 Å². The fraction of sp³-hybridized carbons (Fsp3) is 0.500. The third-order valence-electron chi connectivity index (χ3n) is 6.22. The third-order valence-corrected chi connectivity index (χ3v) is 7.03. The lowest BCUT2D eigenvalue weighted by Gasteiger charge is -2.42. The van der Waals surface area contributed by atoms with Gasteiger partial charge < -0.3 is 10.2 Å². The van der Waals surface area contributed by atoms with Crippen molar-refractivity contribution >= 4 is 46.4 Å². The normalized spacial score (nSPS) is 18.8. The summed E-state index contributed by atoms with van der Waals surface area (Å²) in [6.07, 6.45) is 5.74. The fourth-order valence-electron chi connectivity index (χ4n) is 4.47. The minimum Gasteiger partial charge on any atom is -0.364 e. The number of anilines is 1. The Balaban J connectivity index is 1.64. The van der Waals surface area contributed by atoms with Gasteiger partial charge in [-0.1, -0.05) is 61.1 Å². The first-order valence-electron chi connectivity index (χ1n) is 11.6. The van der Waals surface area contributed by atoms with Crippen LogP contribution in [-0.2, 0) is 4.79 Å². The molecule has 2 aromatic carbocycles. The minimum atomic E-state index is 0.168. The number of carbonyl (C=O) groups excluding carboxylic acids is 1. The monoisotopic (exact) mass is 494 g/mol. The molecular weight excluding hydrogens is 463 g/mol. The SMILES string of the molecule is CC(C)CCCC(=O)NCC[C@@H]1CC[C@@H](c2ccc(Cl)cc2Cl)N(c2ccc(Cl)cc2)C1. The summed E-state index contributed by atoms with van der Waals surface area (Å²) < 4.78 is 0. The van der Waals surface area contributed by atoms with E-state index in [0.717, 1.165) is 61.5 Å². The van der Waals surface area contributed by atoms with Crippen molar-refractivity contribution < 1.29 is 4.79 Å². The van der Waals surface area contributed by atoms with Gasteiger partial charge >= 0.3 is 0 Å². The molecule has 2 atom stereocenters. The number of nitrogens with one attached hydrogen (secondary N) is 1. The highest BCUT2D eigenvalue weighted by atomic mass is 35.5. The van der Waals surface area contributed by atoms with Crippen LogP contribution in [-0.4, -0.2) is 19.0 Å². The molecule has 1 aliphatic rings. The van der Waals surface area contributed by atoms with Gasteiger partial charge in [0.25, 0.3) is 0 Å². The van der Waals surface area contributed by atoms with Crippen molar-refractivity contribution in [3.8, 4) is 0 Å². The van der Waals surface area contributed by atoms with E-state index in [2.05, 4.69) is 36.2 Å². The number of hydrogen-bond donors (Lipinski definition) is 1. The standard InChI is InChI=1S/C26H33Cl3N2O/c1-18(2)4-3-5-26(32)30-15-14-19-6-13-25(23-12-9-21(28)16-24(23)29)31(17-19)22-10-7-20(27)8-11-22/h7-12,16,18-19,25H,3-6,13-15,17H2,1-2H3,(H,30,32)/t19-,25-/m0/s1. The molecule has 0 unspecified atom stereocenters. The van der Waals surface area contributed by atoms with Crippen LogP contribution in [0.15, 0.2) is 42.5 Å². The van der Waals surface area contributed by atoms with E-state index in [1.54, 1.807) is 0 Å². The first-order chi connectivity index (χ1) is 15.3. The molecule has 1 fully saturated rings. The maximum absolute atomic E-state index is 12.1. The van der Waals surface area contributed by atoms with E-state index in [0.29, 0.717) is 28.3 Å². The lowest BCUT2D eigenvalue weighted by molar-refractivity contribution is -0.121. The van der Waals surface area contributed by atoms with E-state index >= 15 is 0 Å². The van der Waals surface area contributed by atoms with E-state index < -0.39 is 0 Å². The Bertz CT molecular complexity index is 885. The number of amides is 1. The Hall–Kier alpha value is -1.42. The molecule has 3 nitrogen and oxygen atoms in total. The van der Waals surface area contributed by atoms with Crippen molar-refractivity contribution in [1.82, 2.24) is 5.32 Å². The highest BCUT2D eigenvalue weighted by molar-refractivity contribution is 6.35. The molecule has 1 heterocycles. The number of halogens is 3. The van der Waals surface area contributed by atoms with Crippen molar-refractivity contribution in [2.45, 2.75) is 58.4 Å². The van der Waals surface area contributed by atoms with Gasteiger partial charge in [-0.25, -0.2) is 0 Å². The Labute approximate surface area is 207 Å². The predicted octanol–water partition coefficient (Wildman–Crippen LogP) is 7.94. The zero-order valence-electron chi connectivity index (χ0n) is 18.9. The molecule has 32 heavy (non-hydrogen) atoms. The highest BCUT2D eigenvalue weighted by Gasteiger charge is 2.30. The van der Waals surface area contributed by atoms with Crippen molar-refractivity contribution in [3.05, 3.63) is 63.1 Å². The summed E-state index contributed by atoms with van der Waals surface area (Å²) in [4.78, 5) is 14.5. The lowest BCUT2D eigenvalue weighted by Crippen LogP contribution is -2.39. The van der Waals surface area contributed by atoms with Crippen molar-refractivity contribution in [3.63, 3.8) is 0 Å². The molecular formula is C26H33Cl3N2O. The number of carbonyl (C=O) groups is 1. The maximum atomic E-state index is 12.1. The molecule has 1 amide bonds. The van der Waals surface area contributed by atoms with Crippen LogP contribution in [0.2, 0.25) is 15.1 Å². The summed E-state index contributed by atoms with van der Waals surface area (Å²) >= 11 is 18.8. The molecule has 2 aromatic rings. The topological polar surface area (TPSA) is 32.3 Å². The van der Waals surface area contributed by atoms with Crippen LogP contribution in [0, 0.1) is 11.8 Å². The highest BCUT2D eigenvalue weighted by Crippen LogP contribution is 2.41. The number of nitrogens with zero attached hydrogens (tertiary/aromatic N) is 1. The Morgan fingerprint density at radius 3 is 2.47 bits per heavy atom. The molecule has 0 saturated carbocycles. The average Bonchev–Trinajstić information content (AvgIpc) is 2.74. The van der Waals surface area contributed by atoms with E-state index in [4.69, 9.17) is 34.8 Å². The second-order valence-corrected chi connectivity index (χ2v) is 10.5. The van der Waals surface area contributed by atoms with E-state index in [-0.39, 0.29) is 11.9 Å². The number of hydrogen-bond acceptors (Lipinski definition) is 2. The van der Waals surface area contributed by atoms with E-state index in [9.17, 15) is 4.79 Å². The van der Waals surface area contributed by atoms with Crippen LogP contribution in [0.4, 0.5) is 5.69 Å². The first-order valence-corrected chi connectivity index (χ1v) is 12.7. The van der Waals surface area contributed by atoms with Gasteiger partial charge in [-0.3, -0.25) is 4.79 Å². The van der Waals surface area contributed by atoms with Crippen LogP contribution in [0.5, 0.6) is 0 Å². The fourth-order valence-corrected chi connectivity index (χ4v) is 5.13. The van der Waals surface area contributed by atoms with E-state index in [1.807, 2.05) is 30.3 Å². The van der Waals surface area contributed by atoms with Gasteiger partial charge in [-0.2, -0.15) is 0 Å². The van der Waals surface area contributed by atoms with Crippen LogP contribution in [0.3, 0.4) is 0 Å². The molecule has 174 valence electrons. The summed E-state index contributed by atoms with van der Waals surface area (Å²) in [5, 5.41) is 5.19. The molecule has 0 bridgehead atoms. The summed E-state index contributed by atoms with van der Waals surface area (Å²) in [5.74, 6) is 1.32. The van der Waals surface area contributed by atoms with Crippen molar-refractivity contribution in [2.75, 3.05) is 18.0 Å². The number of piperidine rings is 1. The van der Waals surface area contributed by atoms with Gasteiger partial charge in [0.05, 0.1) is 6.04 Å². The number of benzene rings is 2. The van der Waals surface area contributed by atoms with E-state index in [1.165, 1.54) is 0 Å². The zero-order valence-corrected chi connectivity index (χ0v) is 21.2. The summed E-state index contributed by atoms with van der Waals surface area (Å²) in [6, 6.07) is 13.9. The zero-order chi connectivity index (χ0) is 23.1. The van der Waals surface area contributed by atoms with Gasteiger partial charge in [0.2, 0.25) is 5.91 Å².